The van der Waals surface area contributed by atoms with Gasteiger partial charge in [-0.3, -0.25) is 4.79 Å². The highest BCUT2D eigenvalue weighted by molar-refractivity contribution is 6.30. The van der Waals surface area contributed by atoms with Gasteiger partial charge in [0.2, 0.25) is 5.91 Å². The number of benzene rings is 1. The molecule has 4 heteroatoms. The van der Waals surface area contributed by atoms with Crippen LogP contribution >= 0.6 is 11.6 Å². The summed E-state index contributed by atoms with van der Waals surface area (Å²) in [5, 5.41) is 3.59. The molecule has 2 unspecified atom stereocenters. The van der Waals surface area contributed by atoms with Gasteiger partial charge in [0, 0.05) is 11.1 Å². The first-order valence-corrected chi connectivity index (χ1v) is 6.32. The molecule has 0 saturated heterocycles. The second-order valence-corrected chi connectivity index (χ2v) is 4.81. The molecule has 1 aromatic carbocycles. The summed E-state index contributed by atoms with van der Waals surface area (Å²) in [6.07, 6.45) is 2.89. The summed E-state index contributed by atoms with van der Waals surface area (Å²) in [5.74, 6) is -0.142. The Labute approximate surface area is 113 Å². The van der Waals surface area contributed by atoms with E-state index in [0.717, 1.165) is 12.0 Å². The van der Waals surface area contributed by atoms with Gasteiger partial charge in [-0.15, -0.1) is 6.58 Å². The van der Waals surface area contributed by atoms with Crippen molar-refractivity contribution >= 4 is 17.5 Å². The Morgan fingerprint density at radius 2 is 2.11 bits per heavy atom. The van der Waals surface area contributed by atoms with Crippen molar-refractivity contribution in [2.45, 2.75) is 31.8 Å². The van der Waals surface area contributed by atoms with Gasteiger partial charge in [-0.2, -0.15) is 0 Å². The van der Waals surface area contributed by atoms with Crippen LogP contribution in [0.1, 0.15) is 18.9 Å². The van der Waals surface area contributed by atoms with E-state index in [0.29, 0.717) is 11.4 Å². The van der Waals surface area contributed by atoms with Gasteiger partial charge >= 0.3 is 0 Å². The zero-order chi connectivity index (χ0) is 13.5. The third-order valence-electron chi connectivity index (χ3n) is 2.60. The molecule has 0 aliphatic carbocycles. The number of carbonyl (C=O) groups is 1. The Hall–Kier alpha value is -1.32. The van der Waals surface area contributed by atoms with Gasteiger partial charge in [0.25, 0.3) is 0 Å². The first-order valence-electron chi connectivity index (χ1n) is 5.94. The lowest BCUT2D eigenvalue weighted by Crippen LogP contribution is -2.44. The maximum atomic E-state index is 11.7. The standard InChI is InChI=1S/C14H19ClN2O/c1-3-4-13(16)14(18)17-10(2)9-11-5-7-12(15)8-6-11/h3,5-8,10,13H,1,4,9,16H2,2H3,(H,17,18). The van der Waals surface area contributed by atoms with Gasteiger partial charge in [0.05, 0.1) is 6.04 Å². The van der Waals surface area contributed by atoms with Gasteiger partial charge in [0.1, 0.15) is 0 Å². The molecule has 3 nitrogen and oxygen atoms in total. The van der Waals surface area contributed by atoms with Crippen molar-refractivity contribution in [1.82, 2.24) is 5.32 Å². The number of halogens is 1. The summed E-state index contributed by atoms with van der Waals surface area (Å²) >= 11 is 5.81. The number of hydrogen-bond donors (Lipinski definition) is 2. The molecular weight excluding hydrogens is 248 g/mol. The summed E-state index contributed by atoms with van der Waals surface area (Å²) in [6, 6.07) is 7.11. The zero-order valence-corrected chi connectivity index (χ0v) is 11.3. The van der Waals surface area contributed by atoms with Crippen LogP contribution in [0.4, 0.5) is 0 Å². The normalized spacial score (nSPS) is 13.7. The Kier molecular flexibility index (Phi) is 5.89. The van der Waals surface area contributed by atoms with Gasteiger partial charge in [0.15, 0.2) is 0 Å². The van der Waals surface area contributed by atoms with Crippen LogP contribution in [0.25, 0.3) is 0 Å². The Balaban J connectivity index is 2.46. The monoisotopic (exact) mass is 266 g/mol. The molecule has 98 valence electrons. The lowest BCUT2D eigenvalue weighted by molar-refractivity contribution is -0.122. The van der Waals surface area contributed by atoms with E-state index < -0.39 is 6.04 Å². The molecule has 0 radical (unpaired) electrons. The van der Waals surface area contributed by atoms with E-state index in [2.05, 4.69) is 11.9 Å². The summed E-state index contributed by atoms with van der Waals surface area (Å²) in [4.78, 5) is 11.7. The van der Waals surface area contributed by atoms with Gasteiger partial charge < -0.3 is 11.1 Å². The molecule has 0 aliphatic rings. The van der Waals surface area contributed by atoms with Gasteiger partial charge in [-0.05, 0) is 37.5 Å². The summed E-state index contributed by atoms with van der Waals surface area (Å²) in [7, 11) is 0. The zero-order valence-electron chi connectivity index (χ0n) is 10.5. The molecule has 0 fully saturated rings. The van der Waals surface area contributed by atoms with Crippen LogP contribution in [0, 0.1) is 0 Å². The summed E-state index contributed by atoms with van der Waals surface area (Å²) in [6.45, 7) is 5.52. The van der Waals surface area contributed by atoms with E-state index in [4.69, 9.17) is 17.3 Å². The molecule has 0 spiro atoms. The fourth-order valence-electron chi connectivity index (χ4n) is 1.66. The first kappa shape index (κ1) is 14.7. The van der Waals surface area contributed by atoms with Crippen LogP contribution in [0.5, 0.6) is 0 Å². The first-order chi connectivity index (χ1) is 8.52. The number of carbonyl (C=O) groups excluding carboxylic acids is 1. The van der Waals surface area contributed by atoms with E-state index in [1.54, 1.807) is 6.08 Å². The van der Waals surface area contributed by atoms with Crippen molar-refractivity contribution in [3.05, 3.63) is 47.5 Å². The highest BCUT2D eigenvalue weighted by atomic mass is 35.5. The number of nitrogens with one attached hydrogen (secondary N) is 1. The Morgan fingerprint density at radius 1 is 1.50 bits per heavy atom. The van der Waals surface area contributed by atoms with Crippen molar-refractivity contribution in [3.63, 3.8) is 0 Å². The van der Waals surface area contributed by atoms with Crippen LogP contribution in [-0.4, -0.2) is 18.0 Å². The fourth-order valence-corrected chi connectivity index (χ4v) is 1.79. The second-order valence-electron chi connectivity index (χ2n) is 4.37. The molecule has 18 heavy (non-hydrogen) atoms. The molecule has 1 amide bonds. The molecule has 0 saturated carbocycles. The Morgan fingerprint density at radius 3 is 2.67 bits per heavy atom. The molecule has 0 aromatic heterocycles. The smallest absolute Gasteiger partial charge is 0.237 e. The predicted octanol–water partition coefficient (Wildman–Crippen LogP) is 2.29. The molecule has 0 bridgehead atoms. The summed E-state index contributed by atoms with van der Waals surface area (Å²) in [5.41, 5.74) is 6.82. The third kappa shape index (κ3) is 4.90. The molecule has 0 heterocycles. The number of nitrogens with two attached hydrogens (primary N) is 1. The largest absolute Gasteiger partial charge is 0.352 e. The van der Waals surface area contributed by atoms with Crippen LogP contribution in [0.2, 0.25) is 5.02 Å². The highest BCUT2D eigenvalue weighted by Crippen LogP contribution is 2.11. The van der Waals surface area contributed by atoms with Crippen LogP contribution in [0.3, 0.4) is 0 Å². The lowest BCUT2D eigenvalue weighted by atomic mass is 10.1. The minimum absolute atomic E-state index is 0.0366. The lowest BCUT2D eigenvalue weighted by Gasteiger charge is -2.17. The minimum Gasteiger partial charge on any atom is -0.352 e. The Bertz CT molecular complexity index is 403. The third-order valence-corrected chi connectivity index (χ3v) is 2.85. The van der Waals surface area contributed by atoms with Crippen molar-refractivity contribution in [1.29, 1.82) is 0 Å². The van der Waals surface area contributed by atoms with Crippen molar-refractivity contribution < 1.29 is 4.79 Å². The molecular formula is C14H19ClN2O. The SMILES string of the molecule is C=CCC(N)C(=O)NC(C)Cc1ccc(Cl)cc1. The van der Waals surface area contributed by atoms with E-state index in [9.17, 15) is 4.79 Å². The van der Waals surface area contributed by atoms with E-state index >= 15 is 0 Å². The number of amides is 1. The van der Waals surface area contributed by atoms with Crippen LogP contribution in [-0.2, 0) is 11.2 Å². The van der Waals surface area contributed by atoms with Gasteiger partial charge in [-0.1, -0.05) is 29.8 Å². The van der Waals surface area contributed by atoms with Crippen molar-refractivity contribution in [3.8, 4) is 0 Å². The topological polar surface area (TPSA) is 55.1 Å². The maximum Gasteiger partial charge on any atom is 0.237 e. The second kappa shape index (κ2) is 7.19. The summed E-state index contributed by atoms with van der Waals surface area (Å²) < 4.78 is 0. The quantitative estimate of drug-likeness (QED) is 0.777. The minimum atomic E-state index is -0.518. The van der Waals surface area contributed by atoms with E-state index in [1.165, 1.54) is 0 Å². The highest BCUT2D eigenvalue weighted by Gasteiger charge is 2.14. The van der Waals surface area contributed by atoms with Crippen LogP contribution < -0.4 is 11.1 Å². The number of hydrogen-bond acceptors (Lipinski definition) is 2. The van der Waals surface area contributed by atoms with E-state index in [-0.39, 0.29) is 11.9 Å². The fraction of sp³-hybridized carbons (Fsp3) is 0.357. The van der Waals surface area contributed by atoms with Gasteiger partial charge in [-0.25, -0.2) is 0 Å². The molecule has 3 N–H and O–H groups in total. The van der Waals surface area contributed by atoms with Crippen molar-refractivity contribution in [2.75, 3.05) is 0 Å². The average Bonchev–Trinajstić information content (AvgIpc) is 2.32. The average molecular weight is 267 g/mol. The van der Waals surface area contributed by atoms with E-state index in [1.807, 2.05) is 31.2 Å². The molecule has 1 rings (SSSR count). The molecule has 0 aliphatic heterocycles. The maximum absolute atomic E-state index is 11.7. The predicted molar refractivity (Wildman–Crippen MR) is 75.6 cm³/mol. The molecule has 2 atom stereocenters. The molecule has 1 aromatic rings. The van der Waals surface area contributed by atoms with Crippen molar-refractivity contribution in [2.24, 2.45) is 5.73 Å². The number of rotatable bonds is 6. The van der Waals surface area contributed by atoms with Crippen LogP contribution in [0.15, 0.2) is 36.9 Å².